The fourth-order valence-corrected chi connectivity index (χ4v) is 6.55. The predicted molar refractivity (Wildman–Crippen MR) is 118 cm³/mol. The molecule has 0 aromatic carbocycles. The smallest absolute Gasteiger partial charge is 0.129 e. The van der Waals surface area contributed by atoms with E-state index in [4.69, 9.17) is 0 Å². The lowest BCUT2D eigenvalue weighted by molar-refractivity contribution is -0.117. The molecule has 6 atom stereocenters. The second kappa shape index (κ2) is 9.31. The van der Waals surface area contributed by atoms with Crippen molar-refractivity contribution in [2.24, 2.45) is 23.2 Å². The summed E-state index contributed by atoms with van der Waals surface area (Å²) >= 11 is 0. The molecule has 0 bridgehead atoms. The topological polar surface area (TPSA) is 57.5 Å². The first-order valence-corrected chi connectivity index (χ1v) is 11.7. The molecule has 0 aromatic heterocycles. The lowest BCUT2D eigenvalue weighted by atomic mass is 9.60. The summed E-state index contributed by atoms with van der Waals surface area (Å²) in [5, 5.41) is 20.1. The number of allylic oxidation sites excluding steroid dienone is 3. The Morgan fingerprint density at radius 1 is 1.31 bits per heavy atom. The third kappa shape index (κ3) is 4.94. The van der Waals surface area contributed by atoms with E-state index in [-0.39, 0.29) is 0 Å². The largest absolute Gasteiger partial charge is 0.393 e. The standard InChI is InChI=1S/C26H40O3/c1-17(7-5-8-18(2)27)23-12-13-24-20(9-6-14-26(23,24)4)10-11-21-15-22(28)16-25(29)19(21)3/h10-11,17,22-25,28-29H,3,5-9,12-16H2,1-2,4H3/b20-10+,21-11-/t17-,22-,23-,24+,25+,26-/m1/s1. The number of fused-ring (bicyclic) bond motifs is 1. The van der Waals surface area contributed by atoms with Crippen molar-refractivity contribution in [2.45, 2.75) is 97.2 Å². The van der Waals surface area contributed by atoms with E-state index in [9.17, 15) is 15.0 Å². The van der Waals surface area contributed by atoms with E-state index in [1.165, 1.54) is 25.7 Å². The summed E-state index contributed by atoms with van der Waals surface area (Å²) in [7, 11) is 0. The molecule has 3 heteroatoms. The van der Waals surface area contributed by atoms with Crippen LogP contribution in [0.1, 0.15) is 85.0 Å². The minimum absolute atomic E-state index is 0.308. The molecule has 3 fully saturated rings. The fraction of sp³-hybridized carbons (Fsp3) is 0.731. The van der Waals surface area contributed by atoms with Gasteiger partial charge in [-0.25, -0.2) is 0 Å². The van der Waals surface area contributed by atoms with Gasteiger partial charge in [0.2, 0.25) is 0 Å². The molecule has 3 aliphatic carbocycles. The maximum Gasteiger partial charge on any atom is 0.129 e. The highest BCUT2D eigenvalue weighted by molar-refractivity contribution is 5.75. The normalized spacial score (nSPS) is 39.0. The van der Waals surface area contributed by atoms with Gasteiger partial charge in [-0.15, -0.1) is 0 Å². The Hall–Kier alpha value is -1.19. The molecule has 3 aliphatic rings. The van der Waals surface area contributed by atoms with Crippen LogP contribution in [-0.2, 0) is 4.79 Å². The first kappa shape index (κ1) is 22.5. The van der Waals surface area contributed by atoms with Crippen LogP contribution in [0.15, 0.2) is 35.5 Å². The van der Waals surface area contributed by atoms with Crippen LogP contribution in [0.4, 0.5) is 0 Å². The average Bonchev–Trinajstić information content (AvgIpc) is 3.00. The second-order valence-electron chi connectivity index (χ2n) is 10.2. The Morgan fingerprint density at radius 2 is 2.07 bits per heavy atom. The van der Waals surface area contributed by atoms with Crippen LogP contribution in [0.5, 0.6) is 0 Å². The van der Waals surface area contributed by atoms with Crippen molar-refractivity contribution >= 4 is 5.78 Å². The maximum absolute atomic E-state index is 11.3. The molecule has 0 spiro atoms. The quantitative estimate of drug-likeness (QED) is 0.617. The molecular formula is C26H40O3. The van der Waals surface area contributed by atoms with Crippen LogP contribution >= 0.6 is 0 Å². The molecule has 0 saturated heterocycles. The molecule has 3 nitrogen and oxygen atoms in total. The van der Waals surface area contributed by atoms with E-state index < -0.39 is 12.2 Å². The van der Waals surface area contributed by atoms with Gasteiger partial charge >= 0.3 is 0 Å². The average molecular weight is 401 g/mol. The number of ketones is 1. The summed E-state index contributed by atoms with van der Waals surface area (Å²) in [5.74, 6) is 2.36. The SMILES string of the molecule is C=C1/C(=C\C=C2/CCC[C@]3(C)[C@@H]([C@H](C)CCCC(C)=O)CC[C@@H]23)C[C@@H](O)C[C@@H]1O. The van der Waals surface area contributed by atoms with Gasteiger partial charge in [0, 0.05) is 12.8 Å². The van der Waals surface area contributed by atoms with Crippen LogP contribution in [0.2, 0.25) is 0 Å². The van der Waals surface area contributed by atoms with Gasteiger partial charge in [-0.3, -0.25) is 0 Å². The van der Waals surface area contributed by atoms with Gasteiger partial charge in [-0.05, 0) is 86.2 Å². The molecule has 0 radical (unpaired) electrons. The number of hydrogen-bond donors (Lipinski definition) is 2. The molecular weight excluding hydrogens is 360 g/mol. The zero-order valence-corrected chi connectivity index (χ0v) is 18.6. The molecule has 0 unspecified atom stereocenters. The van der Waals surface area contributed by atoms with Crippen molar-refractivity contribution in [1.29, 1.82) is 0 Å². The monoisotopic (exact) mass is 400 g/mol. The third-order valence-electron chi connectivity index (χ3n) is 8.18. The van der Waals surface area contributed by atoms with Crippen LogP contribution in [-0.4, -0.2) is 28.2 Å². The fourth-order valence-electron chi connectivity index (χ4n) is 6.55. The van der Waals surface area contributed by atoms with Crippen molar-refractivity contribution < 1.29 is 15.0 Å². The Balaban J connectivity index is 1.72. The van der Waals surface area contributed by atoms with Crippen LogP contribution in [0.25, 0.3) is 0 Å². The van der Waals surface area contributed by atoms with E-state index in [0.717, 1.165) is 42.7 Å². The lowest BCUT2D eigenvalue weighted by Gasteiger charge is -2.44. The number of carbonyl (C=O) groups is 1. The highest BCUT2D eigenvalue weighted by atomic mass is 16.3. The van der Waals surface area contributed by atoms with Crippen molar-refractivity contribution in [3.8, 4) is 0 Å². The molecule has 0 aromatic rings. The van der Waals surface area contributed by atoms with Crippen LogP contribution in [0, 0.1) is 23.2 Å². The van der Waals surface area contributed by atoms with Gasteiger partial charge in [-0.2, -0.15) is 0 Å². The molecule has 0 amide bonds. The van der Waals surface area contributed by atoms with Crippen molar-refractivity contribution in [1.82, 2.24) is 0 Å². The number of carbonyl (C=O) groups excluding carboxylic acids is 1. The summed E-state index contributed by atoms with van der Waals surface area (Å²) in [6.45, 7) is 10.6. The van der Waals surface area contributed by atoms with Gasteiger partial charge in [0.1, 0.15) is 5.78 Å². The lowest BCUT2D eigenvalue weighted by Crippen LogP contribution is -2.36. The highest BCUT2D eigenvalue weighted by Crippen LogP contribution is 2.59. The van der Waals surface area contributed by atoms with Gasteiger partial charge in [-0.1, -0.05) is 44.6 Å². The van der Waals surface area contributed by atoms with Crippen molar-refractivity contribution in [3.05, 3.63) is 35.5 Å². The molecule has 0 heterocycles. The van der Waals surface area contributed by atoms with E-state index >= 15 is 0 Å². The van der Waals surface area contributed by atoms with Crippen LogP contribution < -0.4 is 0 Å². The minimum Gasteiger partial charge on any atom is -0.393 e. The number of Topliss-reactive ketones (excluding diaryl/α,β-unsaturated/α-hetero) is 1. The van der Waals surface area contributed by atoms with Gasteiger partial charge in [0.15, 0.2) is 0 Å². The zero-order chi connectivity index (χ0) is 21.2. The number of aliphatic hydroxyl groups excluding tert-OH is 2. The summed E-state index contributed by atoms with van der Waals surface area (Å²) < 4.78 is 0. The third-order valence-corrected chi connectivity index (χ3v) is 8.18. The van der Waals surface area contributed by atoms with E-state index in [1.54, 1.807) is 12.5 Å². The second-order valence-corrected chi connectivity index (χ2v) is 10.2. The zero-order valence-electron chi connectivity index (χ0n) is 18.6. The van der Waals surface area contributed by atoms with Gasteiger partial charge in [0.25, 0.3) is 0 Å². The Kier molecular flexibility index (Phi) is 7.22. The predicted octanol–water partition coefficient (Wildman–Crippen LogP) is 5.52. The van der Waals surface area contributed by atoms with Gasteiger partial charge in [0.05, 0.1) is 12.2 Å². The summed E-state index contributed by atoms with van der Waals surface area (Å²) in [6, 6.07) is 0. The van der Waals surface area contributed by atoms with Crippen LogP contribution in [0.3, 0.4) is 0 Å². The highest BCUT2D eigenvalue weighted by Gasteiger charge is 2.50. The van der Waals surface area contributed by atoms with E-state index in [0.29, 0.717) is 35.9 Å². The molecule has 29 heavy (non-hydrogen) atoms. The summed E-state index contributed by atoms with van der Waals surface area (Å²) in [4.78, 5) is 11.3. The first-order valence-electron chi connectivity index (χ1n) is 11.7. The van der Waals surface area contributed by atoms with E-state index in [2.05, 4.69) is 32.6 Å². The number of hydrogen-bond acceptors (Lipinski definition) is 3. The number of aliphatic hydroxyl groups is 2. The Bertz CT molecular complexity index is 688. The molecule has 3 rings (SSSR count). The Morgan fingerprint density at radius 3 is 2.79 bits per heavy atom. The molecule has 3 saturated carbocycles. The Labute approximate surface area is 177 Å². The number of rotatable bonds is 6. The van der Waals surface area contributed by atoms with Gasteiger partial charge < -0.3 is 15.0 Å². The molecule has 162 valence electrons. The van der Waals surface area contributed by atoms with Crippen molar-refractivity contribution in [2.75, 3.05) is 0 Å². The summed E-state index contributed by atoms with van der Waals surface area (Å²) in [5.41, 5.74) is 3.69. The molecule has 2 N–H and O–H groups in total. The minimum atomic E-state index is -0.619. The van der Waals surface area contributed by atoms with Crippen molar-refractivity contribution in [3.63, 3.8) is 0 Å². The molecule has 0 aliphatic heterocycles. The maximum atomic E-state index is 11.3. The summed E-state index contributed by atoms with van der Waals surface area (Å²) in [6.07, 6.45) is 13.5. The first-order chi connectivity index (χ1) is 13.7. The van der Waals surface area contributed by atoms with E-state index in [1.807, 2.05) is 0 Å².